The lowest BCUT2D eigenvalue weighted by atomic mass is 9.89. The lowest BCUT2D eigenvalue weighted by Crippen LogP contribution is -2.58. The highest BCUT2D eigenvalue weighted by molar-refractivity contribution is 7.96. The zero-order valence-corrected chi connectivity index (χ0v) is 19.7. The number of nitrogens with one attached hydrogen (secondary N) is 1. The summed E-state index contributed by atoms with van der Waals surface area (Å²) in [6.45, 7) is 5.44. The molecule has 0 spiro atoms. The van der Waals surface area contributed by atoms with Gasteiger partial charge < -0.3 is 11.1 Å². The Bertz CT molecular complexity index is 1380. The van der Waals surface area contributed by atoms with E-state index in [1.807, 2.05) is 6.07 Å². The zero-order valence-electron chi connectivity index (χ0n) is 18.1. The fourth-order valence-corrected chi connectivity index (χ4v) is 7.58. The van der Waals surface area contributed by atoms with Crippen LogP contribution in [0.15, 0.2) is 33.8 Å². The highest BCUT2D eigenvalue weighted by Crippen LogP contribution is 2.47. The van der Waals surface area contributed by atoms with Gasteiger partial charge in [-0.3, -0.25) is 9.79 Å². The Hall–Kier alpha value is -3.10. The van der Waals surface area contributed by atoms with Crippen LogP contribution < -0.4 is 11.1 Å². The van der Waals surface area contributed by atoms with Crippen molar-refractivity contribution in [2.45, 2.75) is 42.7 Å². The molecular formula is C21H21ClFN7O2S. The van der Waals surface area contributed by atoms with Gasteiger partial charge >= 0.3 is 0 Å². The first-order chi connectivity index (χ1) is 15.4. The van der Waals surface area contributed by atoms with Gasteiger partial charge in [0, 0.05) is 12.7 Å². The molecule has 3 atom stereocenters. The Kier molecular flexibility index (Phi) is 5.41. The fraction of sp³-hybridized carbons (Fsp3) is 0.381. The molecular weight excluding hydrogens is 469 g/mol. The molecule has 2 aromatic heterocycles. The third-order valence-electron chi connectivity index (χ3n) is 6.14. The second-order valence-electron chi connectivity index (χ2n) is 8.50. The van der Waals surface area contributed by atoms with Crippen LogP contribution in [0.2, 0.25) is 5.02 Å². The monoisotopic (exact) mass is 489 g/mol. The number of rotatable bonds is 3. The van der Waals surface area contributed by atoms with Gasteiger partial charge in [-0.25, -0.2) is 22.9 Å². The summed E-state index contributed by atoms with van der Waals surface area (Å²) >= 11 is 6.06. The van der Waals surface area contributed by atoms with Crippen molar-refractivity contribution in [2.75, 3.05) is 11.9 Å². The van der Waals surface area contributed by atoms with E-state index >= 15 is 4.39 Å². The van der Waals surface area contributed by atoms with Crippen LogP contribution in [0, 0.1) is 17.1 Å². The van der Waals surface area contributed by atoms with Gasteiger partial charge in [0.05, 0.1) is 25.6 Å². The first-order valence-corrected chi connectivity index (χ1v) is 12.0. The predicted octanol–water partition coefficient (Wildman–Crippen LogP) is 3.00. The number of carbonyl (C=O) groups excluding carboxylic acids is 1. The molecule has 2 aliphatic rings. The van der Waals surface area contributed by atoms with Gasteiger partial charge in [0.2, 0.25) is 0 Å². The maximum atomic E-state index is 15.0. The average molecular weight is 490 g/mol. The highest BCUT2D eigenvalue weighted by atomic mass is 35.5. The largest absolute Gasteiger partial charge is 0.386 e. The number of nitriles is 1. The van der Waals surface area contributed by atoms with Crippen LogP contribution in [0.1, 0.15) is 48.9 Å². The molecule has 1 amide bonds. The molecule has 0 bridgehead atoms. The van der Waals surface area contributed by atoms with Crippen LogP contribution in [0.4, 0.5) is 10.2 Å². The Balaban J connectivity index is 1.75. The van der Waals surface area contributed by atoms with E-state index < -0.39 is 37.0 Å². The number of amidine groups is 1. The van der Waals surface area contributed by atoms with Crippen molar-refractivity contribution in [3.05, 3.63) is 52.2 Å². The number of fused-ring (bicyclic) bond motifs is 1. The van der Waals surface area contributed by atoms with Crippen LogP contribution in [-0.4, -0.2) is 42.5 Å². The predicted molar refractivity (Wildman–Crippen MR) is 123 cm³/mol. The summed E-state index contributed by atoms with van der Waals surface area (Å²) in [5, 5.41) is 10.8. The van der Waals surface area contributed by atoms with Crippen LogP contribution in [-0.2, 0) is 15.3 Å². The Morgan fingerprint density at radius 1 is 1.39 bits per heavy atom. The van der Waals surface area contributed by atoms with Crippen molar-refractivity contribution in [1.29, 1.82) is 5.26 Å². The minimum atomic E-state index is -2.87. The Morgan fingerprint density at radius 2 is 2.12 bits per heavy atom. The van der Waals surface area contributed by atoms with E-state index in [2.05, 4.69) is 24.6 Å². The summed E-state index contributed by atoms with van der Waals surface area (Å²) in [5.74, 6) is -1.22. The molecule has 2 aliphatic heterocycles. The molecule has 2 aromatic rings. The maximum Gasteiger partial charge on any atom is 0.276 e. The number of anilines is 1. The molecule has 4 heterocycles. The molecule has 0 saturated carbocycles. The summed E-state index contributed by atoms with van der Waals surface area (Å²) in [6, 6.07) is 5.63. The molecule has 0 aromatic carbocycles. The number of nitrogens with zero attached hydrogens (tertiary/aromatic N) is 5. The van der Waals surface area contributed by atoms with Crippen LogP contribution >= 0.6 is 11.6 Å². The lowest BCUT2D eigenvalue weighted by Gasteiger charge is -2.44. The standard InChI is InChI=1S/C21H21ClFN7O2S/c1-20(2)19(25)30-21(3,14-6-7-27-33(14,20)32)17-13(23)4-5-15(28-17)29-18(31)16-12(22)8-11(9-24)10-26-16/h4-5,8,10,14H,6-7H2,1-3H3,(H2,25,30)(H,28,29,31)/t14-,21+,33+/m1/s1. The van der Waals surface area contributed by atoms with E-state index in [9.17, 15) is 9.00 Å². The molecule has 0 aliphatic carbocycles. The van der Waals surface area contributed by atoms with Gasteiger partial charge in [0.25, 0.3) is 5.91 Å². The smallest absolute Gasteiger partial charge is 0.276 e. The summed E-state index contributed by atoms with van der Waals surface area (Å²) in [6.07, 6.45) is 1.66. The minimum absolute atomic E-state index is 0.0139. The lowest BCUT2D eigenvalue weighted by molar-refractivity contribution is 0.102. The first-order valence-electron chi connectivity index (χ1n) is 10.0. The van der Waals surface area contributed by atoms with Gasteiger partial charge in [-0.1, -0.05) is 11.6 Å². The molecule has 0 saturated heterocycles. The molecule has 12 heteroatoms. The molecule has 33 heavy (non-hydrogen) atoms. The van der Waals surface area contributed by atoms with Crippen molar-refractivity contribution >= 4 is 38.9 Å². The molecule has 9 nitrogen and oxygen atoms in total. The Morgan fingerprint density at radius 3 is 2.79 bits per heavy atom. The van der Waals surface area contributed by atoms with Crippen LogP contribution in [0.5, 0.6) is 0 Å². The van der Waals surface area contributed by atoms with Crippen LogP contribution in [0.25, 0.3) is 0 Å². The van der Waals surface area contributed by atoms with Gasteiger partial charge in [-0.15, -0.1) is 0 Å². The van der Waals surface area contributed by atoms with Gasteiger partial charge in [0.15, 0.2) is 0 Å². The molecule has 0 radical (unpaired) electrons. The summed E-state index contributed by atoms with van der Waals surface area (Å²) in [4.78, 5) is 25.5. The summed E-state index contributed by atoms with van der Waals surface area (Å²) in [7, 11) is -2.87. The molecule has 0 unspecified atom stereocenters. The number of hydrogen-bond acceptors (Lipinski definition) is 8. The maximum absolute atomic E-state index is 15.0. The number of pyridine rings is 2. The number of aliphatic imine (C=N–C) groups is 1. The number of nitrogens with two attached hydrogens (primary N) is 1. The average Bonchev–Trinajstić information content (AvgIpc) is 3.18. The third-order valence-corrected chi connectivity index (χ3v) is 10.1. The number of halogens is 2. The summed E-state index contributed by atoms with van der Waals surface area (Å²) in [5.41, 5.74) is 4.85. The highest BCUT2D eigenvalue weighted by Gasteiger charge is 2.57. The van der Waals surface area contributed by atoms with E-state index in [1.165, 1.54) is 18.3 Å². The first kappa shape index (κ1) is 23.1. The van der Waals surface area contributed by atoms with Crippen molar-refractivity contribution in [3.8, 4) is 6.07 Å². The number of aromatic nitrogens is 2. The number of amides is 1. The molecule has 0 fully saturated rings. The normalized spacial score (nSPS) is 27.6. The third kappa shape index (κ3) is 3.45. The van der Waals surface area contributed by atoms with Crippen molar-refractivity contribution in [2.24, 2.45) is 15.1 Å². The van der Waals surface area contributed by atoms with E-state index in [0.29, 0.717) is 13.0 Å². The van der Waals surface area contributed by atoms with E-state index in [1.54, 1.807) is 20.8 Å². The fourth-order valence-electron chi connectivity index (χ4n) is 4.18. The van der Waals surface area contributed by atoms with Gasteiger partial charge in [0.1, 0.15) is 45.2 Å². The van der Waals surface area contributed by atoms with Gasteiger partial charge in [-0.05, 0) is 45.4 Å². The topological polar surface area (TPSA) is 146 Å². The van der Waals surface area contributed by atoms with Crippen molar-refractivity contribution in [1.82, 2.24) is 9.97 Å². The quantitative estimate of drug-likeness (QED) is 0.677. The molecule has 4 rings (SSSR count). The number of carbonyl (C=O) groups is 1. The van der Waals surface area contributed by atoms with Crippen LogP contribution in [0.3, 0.4) is 0 Å². The van der Waals surface area contributed by atoms with Crippen molar-refractivity contribution < 1.29 is 13.4 Å². The van der Waals surface area contributed by atoms with E-state index in [-0.39, 0.29) is 33.6 Å². The SMILES string of the molecule is CC1(C)C(N)=N[C@](C)(c2nc(NC(=O)c3ncc(C#N)cc3Cl)ccc2F)[C@H]2CCN=[S@]21=O. The second kappa shape index (κ2) is 7.74. The summed E-state index contributed by atoms with van der Waals surface area (Å²) < 4.78 is 32.3. The molecule has 3 N–H and O–H groups in total. The second-order valence-corrected chi connectivity index (χ2v) is 11.9. The van der Waals surface area contributed by atoms with E-state index in [0.717, 1.165) is 6.07 Å². The van der Waals surface area contributed by atoms with E-state index in [4.69, 9.17) is 22.6 Å². The molecule has 172 valence electrons. The van der Waals surface area contributed by atoms with Gasteiger partial charge in [-0.2, -0.15) is 5.26 Å². The minimum Gasteiger partial charge on any atom is -0.386 e. The zero-order chi connectivity index (χ0) is 24.2. The Labute approximate surface area is 195 Å². The van der Waals surface area contributed by atoms with Crippen molar-refractivity contribution in [3.63, 3.8) is 0 Å². The number of hydrogen-bond donors (Lipinski definition) is 2.